The van der Waals surface area contributed by atoms with Crippen LogP contribution in [-0.4, -0.2) is 35.7 Å². The molecule has 4 rings (SSSR count). The highest BCUT2D eigenvalue weighted by atomic mass is 19.1. The number of hydrogen-bond donors (Lipinski definition) is 1. The minimum atomic E-state index is -0.365. The van der Waals surface area contributed by atoms with Gasteiger partial charge in [0.15, 0.2) is 0 Å². The van der Waals surface area contributed by atoms with E-state index in [0.717, 1.165) is 41.3 Å². The lowest BCUT2D eigenvalue weighted by molar-refractivity contribution is 0.0954. The zero-order valence-electron chi connectivity index (χ0n) is 18.5. The van der Waals surface area contributed by atoms with Crippen LogP contribution in [0.1, 0.15) is 22.6 Å². The lowest BCUT2D eigenvalue weighted by Crippen LogP contribution is -2.26. The number of aromatic nitrogens is 2. The monoisotopic (exact) mass is 447 g/mol. The minimum Gasteiger partial charge on any atom is -0.497 e. The van der Waals surface area contributed by atoms with Crippen LogP contribution in [0.15, 0.2) is 72.8 Å². The number of aryl methyl sites for hydroxylation is 1. The molecule has 0 fully saturated rings. The molecule has 1 N–H and O–H groups in total. The number of halogens is 1. The van der Waals surface area contributed by atoms with Crippen LogP contribution in [0.25, 0.3) is 11.0 Å². The van der Waals surface area contributed by atoms with E-state index in [9.17, 15) is 9.18 Å². The third kappa shape index (κ3) is 5.68. The molecular weight excluding hydrogens is 421 g/mol. The van der Waals surface area contributed by atoms with Crippen LogP contribution in [0.2, 0.25) is 0 Å². The largest absolute Gasteiger partial charge is 0.497 e. The summed E-state index contributed by atoms with van der Waals surface area (Å²) >= 11 is 0. The topological polar surface area (TPSA) is 65.4 Å². The second-order valence-corrected chi connectivity index (χ2v) is 7.56. The summed E-state index contributed by atoms with van der Waals surface area (Å²) in [6.07, 6.45) is 1.38. The van der Waals surface area contributed by atoms with Crippen LogP contribution < -0.4 is 14.8 Å². The highest BCUT2D eigenvalue weighted by Gasteiger charge is 2.12. The number of para-hydroxylation sites is 2. The van der Waals surface area contributed by atoms with Gasteiger partial charge in [-0.1, -0.05) is 18.2 Å². The van der Waals surface area contributed by atoms with E-state index in [4.69, 9.17) is 14.5 Å². The Labute approximate surface area is 192 Å². The van der Waals surface area contributed by atoms with Gasteiger partial charge in [-0.25, -0.2) is 9.37 Å². The van der Waals surface area contributed by atoms with Crippen LogP contribution in [-0.2, 0) is 13.0 Å². The highest BCUT2D eigenvalue weighted by molar-refractivity contribution is 5.94. The predicted molar refractivity (Wildman–Crippen MR) is 125 cm³/mol. The third-order valence-corrected chi connectivity index (χ3v) is 5.31. The van der Waals surface area contributed by atoms with Crippen molar-refractivity contribution in [1.29, 1.82) is 0 Å². The van der Waals surface area contributed by atoms with Crippen LogP contribution in [0.3, 0.4) is 0 Å². The Morgan fingerprint density at radius 2 is 1.82 bits per heavy atom. The van der Waals surface area contributed by atoms with Gasteiger partial charge in [0.25, 0.3) is 5.91 Å². The number of imidazole rings is 1. The molecule has 3 aromatic carbocycles. The molecule has 0 atom stereocenters. The van der Waals surface area contributed by atoms with Gasteiger partial charge in [0, 0.05) is 31.1 Å². The fraction of sp³-hybridized carbons (Fsp3) is 0.231. The van der Waals surface area contributed by atoms with Crippen LogP contribution in [0, 0.1) is 5.82 Å². The molecule has 0 aliphatic carbocycles. The van der Waals surface area contributed by atoms with E-state index in [1.54, 1.807) is 7.11 Å². The van der Waals surface area contributed by atoms with Gasteiger partial charge in [0.1, 0.15) is 23.1 Å². The summed E-state index contributed by atoms with van der Waals surface area (Å²) in [5.41, 5.74) is 2.41. The number of carbonyl (C=O) groups excluding carboxylic acids is 1. The van der Waals surface area contributed by atoms with E-state index in [0.29, 0.717) is 25.1 Å². The van der Waals surface area contributed by atoms with Crippen LogP contribution in [0.4, 0.5) is 4.39 Å². The van der Waals surface area contributed by atoms with Crippen molar-refractivity contribution >= 4 is 16.9 Å². The molecule has 0 aliphatic heterocycles. The first kappa shape index (κ1) is 22.3. The van der Waals surface area contributed by atoms with Crippen molar-refractivity contribution < 1.29 is 18.7 Å². The fourth-order valence-electron chi connectivity index (χ4n) is 3.66. The van der Waals surface area contributed by atoms with Crippen LogP contribution >= 0.6 is 0 Å². The van der Waals surface area contributed by atoms with Gasteiger partial charge in [0.05, 0.1) is 24.8 Å². The van der Waals surface area contributed by atoms with Crippen molar-refractivity contribution in [3.63, 3.8) is 0 Å². The van der Waals surface area contributed by atoms with Crippen molar-refractivity contribution in [2.24, 2.45) is 0 Å². The SMILES string of the molecule is COc1cccc(OCCCn2c(CCNC(=O)c3ccc(F)cc3)nc3ccccc32)c1. The maximum absolute atomic E-state index is 13.1. The first-order chi connectivity index (χ1) is 16.1. The lowest BCUT2D eigenvalue weighted by Gasteiger charge is -2.11. The summed E-state index contributed by atoms with van der Waals surface area (Å²) in [6, 6.07) is 21.0. The van der Waals surface area contributed by atoms with Crippen molar-refractivity contribution in [3.05, 3.63) is 90.0 Å². The Hall–Kier alpha value is -3.87. The highest BCUT2D eigenvalue weighted by Crippen LogP contribution is 2.20. The van der Waals surface area contributed by atoms with E-state index in [-0.39, 0.29) is 11.7 Å². The number of methoxy groups -OCH3 is 1. The molecule has 33 heavy (non-hydrogen) atoms. The lowest BCUT2D eigenvalue weighted by atomic mass is 10.2. The Bertz CT molecular complexity index is 1220. The van der Waals surface area contributed by atoms with Gasteiger partial charge in [-0.3, -0.25) is 4.79 Å². The van der Waals surface area contributed by atoms with Gasteiger partial charge in [-0.2, -0.15) is 0 Å². The van der Waals surface area contributed by atoms with E-state index < -0.39 is 0 Å². The molecule has 0 saturated heterocycles. The van der Waals surface area contributed by atoms with Crippen molar-refractivity contribution in [2.45, 2.75) is 19.4 Å². The zero-order valence-corrected chi connectivity index (χ0v) is 18.5. The average molecular weight is 448 g/mol. The molecule has 1 heterocycles. The number of carbonyl (C=O) groups is 1. The summed E-state index contributed by atoms with van der Waals surface area (Å²) < 4.78 is 26.3. The molecule has 1 aromatic heterocycles. The molecule has 0 saturated carbocycles. The zero-order chi connectivity index (χ0) is 23.0. The molecule has 170 valence electrons. The van der Waals surface area contributed by atoms with Crippen molar-refractivity contribution in [3.8, 4) is 11.5 Å². The maximum Gasteiger partial charge on any atom is 0.251 e. The Morgan fingerprint density at radius 3 is 2.64 bits per heavy atom. The molecule has 6 nitrogen and oxygen atoms in total. The van der Waals surface area contributed by atoms with E-state index in [2.05, 4.69) is 9.88 Å². The van der Waals surface area contributed by atoms with Gasteiger partial charge < -0.3 is 19.4 Å². The molecule has 0 spiro atoms. The molecule has 1 amide bonds. The maximum atomic E-state index is 13.1. The number of ether oxygens (including phenoxy) is 2. The Kier molecular flexibility index (Phi) is 7.19. The minimum absolute atomic E-state index is 0.232. The van der Waals surface area contributed by atoms with E-state index in [1.165, 1.54) is 24.3 Å². The number of nitrogens with zero attached hydrogens (tertiary/aromatic N) is 2. The Morgan fingerprint density at radius 1 is 1.03 bits per heavy atom. The number of hydrogen-bond acceptors (Lipinski definition) is 4. The predicted octanol–water partition coefficient (Wildman–Crippen LogP) is 4.63. The molecule has 7 heteroatoms. The second kappa shape index (κ2) is 10.6. The molecule has 0 bridgehead atoms. The third-order valence-electron chi connectivity index (χ3n) is 5.31. The number of benzene rings is 3. The molecule has 4 aromatic rings. The summed E-state index contributed by atoms with van der Waals surface area (Å²) in [4.78, 5) is 17.1. The molecule has 0 aliphatic rings. The number of fused-ring (bicyclic) bond motifs is 1. The van der Waals surface area contributed by atoms with Gasteiger partial charge >= 0.3 is 0 Å². The first-order valence-corrected chi connectivity index (χ1v) is 10.9. The fourth-order valence-corrected chi connectivity index (χ4v) is 3.66. The summed E-state index contributed by atoms with van der Waals surface area (Å²) in [6.45, 7) is 1.73. The number of amides is 1. The average Bonchev–Trinajstić information content (AvgIpc) is 3.19. The van der Waals surface area contributed by atoms with Gasteiger partial charge in [-0.05, 0) is 55.0 Å². The van der Waals surface area contributed by atoms with Crippen molar-refractivity contribution in [1.82, 2.24) is 14.9 Å². The first-order valence-electron chi connectivity index (χ1n) is 10.9. The summed E-state index contributed by atoms with van der Waals surface area (Å²) in [5, 5.41) is 2.89. The van der Waals surface area contributed by atoms with E-state index in [1.807, 2.05) is 48.5 Å². The molecule has 0 radical (unpaired) electrons. The summed E-state index contributed by atoms with van der Waals surface area (Å²) in [7, 11) is 1.63. The Balaban J connectivity index is 1.36. The van der Waals surface area contributed by atoms with E-state index >= 15 is 0 Å². The van der Waals surface area contributed by atoms with Crippen LogP contribution in [0.5, 0.6) is 11.5 Å². The number of rotatable bonds is 10. The van der Waals surface area contributed by atoms with Gasteiger partial charge in [-0.15, -0.1) is 0 Å². The number of nitrogens with one attached hydrogen (secondary N) is 1. The normalized spacial score (nSPS) is 10.8. The smallest absolute Gasteiger partial charge is 0.251 e. The quantitative estimate of drug-likeness (QED) is 0.360. The molecule has 0 unspecified atom stereocenters. The second-order valence-electron chi connectivity index (χ2n) is 7.56. The molecular formula is C26H26FN3O3. The van der Waals surface area contributed by atoms with Gasteiger partial charge in [0.2, 0.25) is 0 Å². The standard InChI is InChI=1S/C26H26FN3O3/c1-32-21-6-4-7-22(18-21)33-17-5-16-30-24-9-3-2-8-23(24)29-25(30)14-15-28-26(31)19-10-12-20(27)13-11-19/h2-4,6-13,18H,5,14-17H2,1H3,(H,28,31). The summed E-state index contributed by atoms with van der Waals surface area (Å²) in [5.74, 6) is 1.84. The van der Waals surface area contributed by atoms with Crippen molar-refractivity contribution in [2.75, 3.05) is 20.3 Å².